The quantitative estimate of drug-likeness (QED) is 0.774. The van der Waals surface area contributed by atoms with Crippen LogP contribution in [0.3, 0.4) is 0 Å². The molecule has 3 aromatic rings. The normalized spacial score (nSPS) is 10.8. The summed E-state index contributed by atoms with van der Waals surface area (Å²) in [6, 6.07) is 16.3. The molecular weight excluding hydrogens is 274 g/mol. The second kappa shape index (κ2) is 5.75. The highest BCUT2D eigenvalue weighted by molar-refractivity contribution is 5.80. The van der Waals surface area contributed by atoms with E-state index in [-0.39, 0.29) is 5.75 Å². The Bertz CT molecular complexity index is 709. The highest BCUT2D eigenvalue weighted by Gasteiger charge is 2.10. The Morgan fingerprint density at radius 1 is 0.905 bits per heavy atom. The second-order valence-corrected chi connectivity index (χ2v) is 4.43. The molecule has 0 aliphatic rings. The molecule has 1 aromatic heterocycles. The predicted molar refractivity (Wildman–Crippen MR) is 76.1 cm³/mol. The van der Waals surface area contributed by atoms with E-state index in [2.05, 4.69) is 14.9 Å². The van der Waals surface area contributed by atoms with Crippen LogP contribution in [-0.4, -0.2) is 16.8 Å². The molecule has 3 rings (SSSR count). The van der Waals surface area contributed by atoms with Crippen LogP contribution in [0.5, 0.6) is 5.75 Å². The van der Waals surface area contributed by atoms with Gasteiger partial charge in [-0.1, -0.05) is 30.3 Å². The molecule has 0 bridgehead atoms. The average molecular weight is 286 g/mol. The van der Waals surface area contributed by atoms with Crippen LogP contribution in [-0.2, 0) is 0 Å². The number of rotatable bonds is 4. The second-order valence-electron chi connectivity index (χ2n) is 4.43. The first-order valence-electron chi connectivity index (χ1n) is 6.38. The van der Waals surface area contributed by atoms with Gasteiger partial charge in [0.05, 0.1) is 11.9 Å². The number of benzene rings is 2. The lowest BCUT2D eigenvalue weighted by molar-refractivity contribution is -0.0498. The number of H-pyrrole nitrogens is 1. The van der Waals surface area contributed by atoms with Crippen molar-refractivity contribution in [2.45, 2.75) is 6.61 Å². The van der Waals surface area contributed by atoms with E-state index >= 15 is 0 Å². The number of ether oxygens (including phenoxy) is 1. The SMILES string of the molecule is FC(F)Oc1ccc(-c2[nH]ncc2-c2ccccc2)cc1. The minimum Gasteiger partial charge on any atom is -0.435 e. The number of hydrogen-bond acceptors (Lipinski definition) is 2. The molecule has 0 fully saturated rings. The first-order valence-corrected chi connectivity index (χ1v) is 6.38. The summed E-state index contributed by atoms with van der Waals surface area (Å²) >= 11 is 0. The zero-order chi connectivity index (χ0) is 14.7. The summed E-state index contributed by atoms with van der Waals surface area (Å²) in [6.07, 6.45) is 1.74. The van der Waals surface area contributed by atoms with Gasteiger partial charge in [-0.05, 0) is 29.8 Å². The van der Waals surface area contributed by atoms with Crippen molar-refractivity contribution < 1.29 is 13.5 Å². The number of nitrogens with one attached hydrogen (secondary N) is 1. The van der Waals surface area contributed by atoms with E-state index in [9.17, 15) is 8.78 Å². The first-order chi connectivity index (χ1) is 10.2. The van der Waals surface area contributed by atoms with Gasteiger partial charge >= 0.3 is 6.61 Å². The van der Waals surface area contributed by atoms with Crippen LogP contribution in [0, 0.1) is 0 Å². The third-order valence-corrected chi connectivity index (χ3v) is 3.09. The molecule has 0 aliphatic heterocycles. The van der Waals surface area contributed by atoms with E-state index in [1.165, 1.54) is 12.1 Å². The first kappa shape index (κ1) is 13.3. The third kappa shape index (κ3) is 2.91. The van der Waals surface area contributed by atoms with Crippen LogP contribution in [0.4, 0.5) is 8.78 Å². The number of nitrogens with zero attached hydrogens (tertiary/aromatic N) is 1. The molecule has 1 heterocycles. The van der Waals surface area contributed by atoms with Crippen LogP contribution in [0.2, 0.25) is 0 Å². The number of aromatic nitrogens is 2. The van der Waals surface area contributed by atoms with Crippen molar-refractivity contribution in [3.05, 3.63) is 60.8 Å². The van der Waals surface area contributed by atoms with Gasteiger partial charge in [0.2, 0.25) is 0 Å². The minimum absolute atomic E-state index is 0.134. The topological polar surface area (TPSA) is 37.9 Å². The molecule has 0 amide bonds. The van der Waals surface area contributed by atoms with E-state index in [0.717, 1.165) is 22.4 Å². The molecule has 0 unspecified atom stereocenters. The van der Waals surface area contributed by atoms with Crippen molar-refractivity contribution >= 4 is 0 Å². The van der Waals surface area contributed by atoms with Crippen molar-refractivity contribution in [3.63, 3.8) is 0 Å². The maximum Gasteiger partial charge on any atom is 0.387 e. The zero-order valence-electron chi connectivity index (χ0n) is 11.0. The van der Waals surface area contributed by atoms with E-state index in [4.69, 9.17) is 0 Å². The van der Waals surface area contributed by atoms with E-state index in [1.54, 1.807) is 18.3 Å². The number of aromatic amines is 1. The standard InChI is InChI=1S/C16H12F2N2O/c17-16(18)21-13-8-6-12(7-9-13)15-14(10-19-20-15)11-4-2-1-3-5-11/h1-10,16H,(H,19,20). The fourth-order valence-electron chi connectivity index (χ4n) is 2.15. The summed E-state index contributed by atoms with van der Waals surface area (Å²) in [7, 11) is 0. The Morgan fingerprint density at radius 3 is 2.29 bits per heavy atom. The number of hydrogen-bond donors (Lipinski definition) is 1. The zero-order valence-corrected chi connectivity index (χ0v) is 11.0. The summed E-state index contributed by atoms with van der Waals surface area (Å²) in [5, 5.41) is 7.01. The van der Waals surface area contributed by atoms with Crippen LogP contribution in [0.15, 0.2) is 60.8 Å². The molecule has 106 valence electrons. The van der Waals surface area contributed by atoms with Crippen molar-refractivity contribution in [2.24, 2.45) is 0 Å². The van der Waals surface area contributed by atoms with Crippen molar-refractivity contribution in [3.8, 4) is 28.1 Å². The maximum absolute atomic E-state index is 12.1. The Hall–Kier alpha value is -2.69. The molecule has 1 N–H and O–H groups in total. The highest BCUT2D eigenvalue weighted by atomic mass is 19.3. The summed E-state index contributed by atoms with van der Waals surface area (Å²) < 4.78 is 28.6. The van der Waals surface area contributed by atoms with Gasteiger partial charge in [-0.25, -0.2) is 0 Å². The smallest absolute Gasteiger partial charge is 0.387 e. The average Bonchev–Trinajstić information content (AvgIpc) is 2.98. The molecule has 2 aromatic carbocycles. The monoisotopic (exact) mass is 286 g/mol. The molecular formula is C16H12F2N2O. The Morgan fingerprint density at radius 2 is 1.62 bits per heavy atom. The van der Waals surface area contributed by atoms with Crippen LogP contribution >= 0.6 is 0 Å². The molecule has 3 nitrogen and oxygen atoms in total. The largest absolute Gasteiger partial charge is 0.435 e. The number of alkyl halides is 2. The van der Waals surface area contributed by atoms with E-state index in [1.807, 2.05) is 30.3 Å². The molecule has 0 atom stereocenters. The maximum atomic E-state index is 12.1. The molecule has 0 radical (unpaired) electrons. The van der Waals surface area contributed by atoms with Gasteiger partial charge in [0.1, 0.15) is 5.75 Å². The fourth-order valence-corrected chi connectivity index (χ4v) is 2.15. The molecule has 21 heavy (non-hydrogen) atoms. The summed E-state index contributed by atoms with van der Waals surface area (Å²) in [5.41, 5.74) is 3.69. The van der Waals surface area contributed by atoms with Crippen molar-refractivity contribution in [1.29, 1.82) is 0 Å². The fraction of sp³-hybridized carbons (Fsp3) is 0.0625. The highest BCUT2D eigenvalue weighted by Crippen LogP contribution is 2.30. The van der Waals surface area contributed by atoms with Crippen LogP contribution in [0.1, 0.15) is 0 Å². The van der Waals surface area contributed by atoms with Crippen LogP contribution in [0.25, 0.3) is 22.4 Å². The Kier molecular flexibility index (Phi) is 3.64. The van der Waals surface area contributed by atoms with Gasteiger partial charge in [-0.15, -0.1) is 0 Å². The van der Waals surface area contributed by atoms with Gasteiger partial charge in [0.25, 0.3) is 0 Å². The van der Waals surface area contributed by atoms with Gasteiger partial charge in [-0.2, -0.15) is 13.9 Å². The Balaban J connectivity index is 1.93. The summed E-state index contributed by atoms with van der Waals surface area (Å²) in [6.45, 7) is -2.82. The van der Waals surface area contributed by atoms with Gasteiger partial charge < -0.3 is 4.74 Å². The number of halogens is 2. The summed E-state index contributed by atoms with van der Waals surface area (Å²) in [4.78, 5) is 0. The molecule has 0 saturated heterocycles. The van der Waals surface area contributed by atoms with Crippen LogP contribution < -0.4 is 4.74 Å². The Labute approximate surface area is 120 Å². The minimum atomic E-state index is -2.82. The lowest BCUT2D eigenvalue weighted by Gasteiger charge is -2.06. The molecule has 5 heteroatoms. The van der Waals surface area contributed by atoms with Crippen molar-refractivity contribution in [2.75, 3.05) is 0 Å². The van der Waals surface area contributed by atoms with Crippen molar-refractivity contribution in [1.82, 2.24) is 10.2 Å². The molecule has 0 saturated carbocycles. The third-order valence-electron chi connectivity index (χ3n) is 3.09. The predicted octanol–water partition coefficient (Wildman–Crippen LogP) is 4.35. The van der Waals surface area contributed by atoms with E-state index in [0.29, 0.717) is 0 Å². The van der Waals surface area contributed by atoms with E-state index < -0.39 is 6.61 Å². The molecule has 0 aliphatic carbocycles. The van der Waals surface area contributed by atoms with Gasteiger partial charge in [0.15, 0.2) is 0 Å². The lowest BCUT2D eigenvalue weighted by Crippen LogP contribution is -2.01. The van der Waals surface area contributed by atoms with Gasteiger partial charge in [-0.3, -0.25) is 5.10 Å². The lowest BCUT2D eigenvalue weighted by atomic mass is 10.0. The summed E-state index contributed by atoms with van der Waals surface area (Å²) in [5.74, 6) is 0.134. The van der Waals surface area contributed by atoms with Gasteiger partial charge in [0, 0.05) is 11.1 Å². The molecule has 0 spiro atoms.